The van der Waals surface area contributed by atoms with E-state index in [4.69, 9.17) is 0 Å². The molecule has 4 aliphatic rings. The third-order valence-corrected chi connectivity index (χ3v) is 8.58. The smallest absolute Gasteiger partial charge is 0.133 e. The highest BCUT2D eigenvalue weighted by Gasteiger charge is 2.55. The average molecular weight is 303 g/mol. The summed E-state index contributed by atoms with van der Waals surface area (Å²) in [6.45, 7) is 6.93. The molecule has 0 aromatic heterocycles. The lowest BCUT2D eigenvalue weighted by molar-refractivity contribution is -0.124. The molecule has 0 saturated heterocycles. The van der Waals surface area contributed by atoms with E-state index in [1.807, 2.05) is 6.92 Å². The van der Waals surface area contributed by atoms with Crippen molar-refractivity contribution in [2.75, 3.05) is 0 Å². The van der Waals surface area contributed by atoms with Crippen molar-refractivity contribution in [3.8, 4) is 0 Å². The summed E-state index contributed by atoms with van der Waals surface area (Å²) in [7, 11) is 0. The SMILES string of the molecule is CC(=O)[C@@H]1CCC2[C@@H]3CC[C@]4(C)C[C@@H](C)CC[C@@H]4C3CC[C@@H]21. The number of hydrogen-bond donors (Lipinski definition) is 0. The molecule has 0 radical (unpaired) electrons. The summed E-state index contributed by atoms with van der Waals surface area (Å²) in [4.78, 5) is 12.0. The van der Waals surface area contributed by atoms with E-state index in [0.29, 0.717) is 17.1 Å². The van der Waals surface area contributed by atoms with Crippen LogP contribution in [0.2, 0.25) is 0 Å². The Morgan fingerprint density at radius 2 is 1.55 bits per heavy atom. The molecule has 0 bridgehead atoms. The van der Waals surface area contributed by atoms with E-state index in [0.717, 1.165) is 35.5 Å². The van der Waals surface area contributed by atoms with Crippen molar-refractivity contribution in [1.82, 2.24) is 0 Å². The van der Waals surface area contributed by atoms with Gasteiger partial charge in [-0.2, -0.15) is 0 Å². The number of rotatable bonds is 1. The van der Waals surface area contributed by atoms with Crippen LogP contribution in [0, 0.1) is 46.8 Å². The first-order chi connectivity index (χ1) is 10.5. The van der Waals surface area contributed by atoms with Gasteiger partial charge in [-0.15, -0.1) is 0 Å². The van der Waals surface area contributed by atoms with Crippen LogP contribution in [0.3, 0.4) is 0 Å². The van der Waals surface area contributed by atoms with Crippen LogP contribution in [-0.4, -0.2) is 5.78 Å². The number of carbonyl (C=O) groups excluding carboxylic acids is 1. The molecule has 2 unspecified atom stereocenters. The van der Waals surface area contributed by atoms with Gasteiger partial charge in [0.2, 0.25) is 0 Å². The predicted octanol–water partition coefficient (Wildman–Crippen LogP) is 5.48. The Bertz CT molecular complexity index is 455. The van der Waals surface area contributed by atoms with Gasteiger partial charge in [0, 0.05) is 5.92 Å². The van der Waals surface area contributed by atoms with Crippen molar-refractivity contribution < 1.29 is 4.79 Å². The highest BCUT2D eigenvalue weighted by Crippen LogP contribution is 2.63. The first-order valence-corrected chi connectivity index (χ1v) is 10.00. The molecule has 0 spiro atoms. The Morgan fingerprint density at radius 1 is 0.864 bits per heavy atom. The van der Waals surface area contributed by atoms with Crippen LogP contribution in [0.15, 0.2) is 0 Å². The van der Waals surface area contributed by atoms with Crippen molar-refractivity contribution in [1.29, 1.82) is 0 Å². The van der Waals surface area contributed by atoms with Crippen molar-refractivity contribution in [3.63, 3.8) is 0 Å². The van der Waals surface area contributed by atoms with E-state index in [1.165, 1.54) is 57.8 Å². The Morgan fingerprint density at radius 3 is 2.32 bits per heavy atom. The first kappa shape index (κ1) is 15.2. The Labute approximate surface area is 136 Å². The van der Waals surface area contributed by atoms with Crippen molar-refractivity contribution >= 4 is 5.78 Å². The summed E-state index contributed by atoms with van der Waals surface area (Å²) in [5.74, 6) is 6.47. The second-order valence-corrected chi connectivity index (χ2v) is 9.71. The third kappa shape index (κ3) is 2.21. The zero-order valence-electron chi connectivity index (χ0n) is 14.8. The number of hydrogen-bond acceptors (Lipinski definition) is 1. The predicted molar refractivity (Wildman–Crippen MR) is 90.4 cm³/mol. The Kier molecular flexibility index (Phi) is 3.70. The second-order valence-electron chi connectivity index (χ2n) is 9.71. The summed E-state index contributed by atoms with van der Waals surface area (Å²) in [6.07, 6.45) is 12.7. The number of fused-ring (bicyclic) bond motifs is 5. The minimum atomic E-state index is 0.422. The van der Waals surface area contributed by atoms with E-state index in [1.54, 1.807) is 0 Å². The summed E-state index contributed by atoms with van der Waals surface area (Å²) in [6, 6.07) is 0. The van der Waals surface area contributed by atoms with Crippen LogP contribution in [0.4, 0.5) is 0 Å². The van der Waals surface area contributed by atoms with Gasteiger partial charge in [-0.3, -0.25) is 4.79 Å². The van der Waals surface area contributed by atoms with Crippen molar-refractivity contribution in [2.24, 2.45) is 46.8 Å². The minimum absolute atomic E-state index is 0.422. The van der Waals surface area contributed by atoms with Gasteiger partial charge in [0.05, 0.1) is 0 Å². The molecule has 0 heterocycles. The van der Waals surface area contributed by atoms with Gasteiger partial charge in [0.1, 0.15) is 5.78 Å². The van der Waals surface area contributed by atoms with Crippen LogP contribution >= 0.6 is 0 Å². The summed E-state index contributed by atoms with van der Waals surface area (Å²) >= 11 is 0. The highest BCUT2D eigenvalue weighted by molar-refractivity contribution is 5.79. The fourth-order valence-electron chi connectivity index (χ4n) is 7.77. The molecule has 0 amide bonds. The monoisotopic (exact) mass is 302 g/mol. The molecular formula is C21H34O. The highest BCUT2D eigenvalue weighted by atomic mass is 16.1. The number of ketones is 1. The maximum Gasteiger partial charge on any atom is 0.133 e. The second kappa shape index (κ2) is 5.35. The number of Topliss-reactive ketones (excluding diaryl/α,β-unsaturated/α-hetero) is 1. The van der Waals surface area contributed by atoms with Crippen LogP contribution in [0.25, 0.3) is 0 Å². The molecular weight excluding hydrogens is 268 g/mol. The van der Waals surface area contributed by atoms with E-state index in [-0.39, 0.29) is 0 Å². The quantitative estimate of drug-likeness (QED) is 0.627. The summed E-state index contributed by atoms with van der Waals surface area (Å²) in [5, 5.41) is 0. The fourth-order valence-corrected chi connectivity index (χ4v) is 7.77. The molecule has 1 heteroatoms. The maximum absolute atomic E-state index is 12.0. The Balaban J connectivity index is 1.55. The van der Waals surface area contributed by atoms with Gasteiger partial charge in [-0.25, -0.2) is 0 Å². The van der Waals surface area contributed by atoms with Gasteiger partial charge in [-0.1, -0.05) is 20.3 Å². The number of carbonyl (C=O) groups is 1. The molecule has 1 nitrogen and oxygen atoms in total. The van der Waals surface area contributed by atoms with E-state index < -0.39 is 0 Å². The van der Waals surface area contributed by atoms with Crippen molar-refractivity contribution in [2.45, 2.75) is 78.6 Å². The van der Waals surface area contributed by atoms with E-state index in [2.05, 4.69) is 13.8 Å². The molecule has 22 heavy (non-hydrogen) atoms. The third-order valence-electron chi connectivity index (χ3n) is 8.58. The normalized spacial score (nSPS) is 54.2. The van der Waals surface area contributed by atoms with Gasteiger partial charge >= 0.3 is 0 Å². The van der Waals surface area contributed by atoms with E-state index in [9.17, 15) is 4.79 Å². The van der Waals surface area contributed by atoms with Crippen LogP contribution in [0.1, 0.15) is 78.6 Å². The molecule has 0 aliphatic heterocycles. The molecule has 8 atom stereocenters. The van der Waals surface area contributed by atoms with Crippen LogP contribution < -0.4 is 0 Å². The van der Waals surface area contributed by atoms with Gasteiger partial charge in [-0.05, 0) is 99.2 Å². The average Bonchev–Trinajstić information content (AvgIpc) is 2.89. The molecule has 4 saturated carbocycles. The lowest BCUT2D eigenvalue weighted by atomic mass is 9.48. The van der Waals surface area contributed by atoms with E-state index >= 15 is 0 Å². The molecule has 4 aliphatic carbocycles. The van der Waals surface area contributed by atoms with Gasteiger partial charge in [0.25, 0.3) is 0 Å². The standard InChI is InChI=1S/C21H34O/c1-13-4-9-20-19-8-7-16-15(14(2)22)5-6-17(16)18(19)10-11-21(20,3)12-13/h13,15-20H,4-12H2,1-3H3/t13-,15-,16+,17?,18-,19?,20+,21+/m0/s1. The first-order valence-electron chi connectivity index (χ1n) is 10.00. The van der Waals surface area contributed by atoms with Crippen LogP contribution in [0.5, 0.6) is 0 Å². The molecule has 0 aromatic carbocycles. The summed E-state index contributed by atoms with van der Waals surface area (Å²) in [5.41, 5.74) is 0.643. The van der Waals surface area contributed by atoms with Crippen molar-refractivity contribution in [3.05, 3.63) is 0 Å². The fraction of sp³-hybridized carbons (Fsp3) is 0.952. The zero-order chi connectivity index (χ0) is 15.5. The largest absolute Gasteiger partial charge is 0.300 e. The van der Waals surface area contributed by atoms with Gasteiger partial charge < -0.3 is 0 Å². The zero-order valence-corrected chi connectivity index (χ0v) is 14.8. The minimum Gasteiger partial charge on any atom is -0.300 e. The molecule has 0 aromatic rings. The molecule has 124 valence electrons. The topological polar surface area (TPSA) is 17.1 Å². The maximum atomic E-state index is 12.0. The molecule has 4 fully saturated rings. The summed E-state index contributed by atoms with van der Waals surface area (Å²) < 4.78 is 0. The van der Waals surface area contributed by atoms with Crippen LogP contribution in [-0.2, 0) is 4.79 Å². The molecule has 0 N–H and O–H groups in total. The lowest BCUT2D eigenvalue weighted by Crippen LogP contribution is -2.49. The van der Waals surface area contributed by atoms with Gasteiger partial charge in [0.15, 0.2) is 0 Å². The Hall–Kier alpha value is -0.330. The molecule has 4 rings (SSSR count). The lowest BCUT2D eigenvalue weighted by Gasteiger charge is -2.57.